The quantitative estimate of drug-likeness (QED) is 0.533. The van der Waals surface area contributed by atoms with E-state index in [0.29, 0.717) is 11.8 Å². The largest absolute Gasteiger partial charge is 0.396 e. The van der Waals surface area contributed by atoms with Crippen molar-refractivity contribution in [2.75, 3.05) is 13.2 Å². The molecule has 1 aliphatic rings. The average molecular weight is 116 g/mol. The number of aliphatic hydroxyl groups is 2. The molecule has 1 saturated carbocycles. The average Bonchev–Trinajstić information content (AvgIpc) is 1.66. The van der Waals surface area contributed by atoms with E-state index in [1.165, 1.54) is 0 Å². The zero-order valence-corrected chi connectivity index (χ0v) is 4.88. The van der Waals surface area contributed by atoms with Crippen LogP contribution in [-0.4, -0.2) is 23.4 Å². The Hall–Kier alpha value is -0.0800. The first kappa shape index (κ1) is 6.05. The molecule has 2 atom stereocenters. The second kappa shape index (κ2) is 2.46. The lowest BCUT2D eigenvalue weighted by atomic mass is 9.75. The lowest BCUT2D eigenvalue weighted by Gasteiger charge is -2.33. The molecule has 0 aromatic rings. The van der Waals surface area contributed by atoms with Gasteiger partial charge in [0.15, 0.2) is 0 Å². The second-order valence-corrected chi connectivity index (χ2v) is 2.46. The van der Waals surface area contributed by atoms with Crippen molar-refractivity contribution < 1.29 is 10.2 Å². The van der Waals surface area contributed by atoms with E-state index in [1.54, 1.807) is 0 Å². The zero-order chi connectivity index (χ0) is 5.98. The molecule has 0 aliphatic heterocycles. The Kier molecular flexibility index (Phi) is 1.86. The third-order valence-corrected chi connectivity index (χ3v) is 2.04. The Labute approximate surface area is 49.1 Å². The van der Waals surface area contributed by atoms with Crippen molar-refractivity contribution >= 4 is 0 Å². The Balaban J connectivity index is 2.16. The molecule has 8 heavy (non-hydrogen) atoms. The summed E-state index contributed by atoms with van der Waals surface area (Å²) in [4.78, 5) is 0. The smallest absolute Gasteiger partial charge is 0.0462 e. The van der Waals surface area contributed by atoms with Gasteiger partial charge in [-0.25, -0.2) is 0 Å². The summed E-state index contributed by atoms with van der Waals surface area (Å²) < 4.78 is 0. The van der Waals surface area contributed by atoms with Gasteiger partial charge in [0.25, 0.3) is 0 Å². The molecule has 2 unspecified atom stereocenters. The second-order valence-electron chi connectivity index (χ2n) is 2.46. The van der Waals surface area contributed by atoms with Gasteiger partial charge in [-0.15, -0.1) is 0 Å². The van der Waals surface area contributed by atoms with Gasteiger partial charge in [-0.2, -0.15) is 0 Å². The topological polar surface area (TPSA) is 40.5 Å². The van der Waals surface area contributed by atoms with Crippen LogP contribution in [0.4, 0.5) is 0 Å². The van der Waals surface area contributed by atoms with Crippen molar-refractivity contribution in [3.8, 4) is 0 Å². The Morgan fingerprint density at radius 2 is 1.38 bits per heavy atom. The van der Waals surface area contributed by atoms with E-state index in [1.807, 2.05) is 0 Å². The van der Waals surface area contributed by atoms with Crippen LogP contribution in [0.3, 0.4) is 0 Å². The Morgan fingerprint density at radius 1 is 1.00 bits per heavy atom. The molecule has 1 aliphatic carbocycles. The minimum Gasteiger partial charge on any atom is -0.396 e. The van der Waals surface area contributed by atoms with Gasteiger partial charge in [0.1, 0.15) is 0 Å². The standard InChI is InChI=1S/C6H12O2/c7-3-5-1-2-6(5)4-8/h5-8H,1-4H2. The molecule has 2 N–H and O–H groups in total. The van der Waals surface area contributed by atoms with Gasteiger partial charge in [-0.05, 0) is 24.7 Å². The molecule has 2 heteroatoms. The van der Waals surface area contributed by atoms with Crippen LogP contribution in [0.15, 0.2) is 0 Å². The van der Waals surface area contributed by atoms with Gasteiger partial charge in [0.05, 0.1) is 0 Å². The highest BCUT2D eigenvalue weighted by Gasteiger charge is 2.28. The molecular formula is C6H12O2. The van der Waals surface area contributed by atoms with Gasteiger partial charge < -0.3 is 10.2 Å². The number of aliphatic hydroxyl groups excluding tert-OH is 2. The van der Waals surface area contributed by atoms with E-state index in [4.69, 9.17) is 10.2 Å². The van der Waals surface area contributed by atoms with E-state index in [2.05, 4.69) is 0 Å². The predicted octanol–water partition coefficient (Wildman–Crippen LogP) is -0.00280. The van der Waals surface area contributed by atoms with Crippen LogP contribution in [0.5, 0.6) is 0 Å². The van der Waals surface area contributed by atoms with Gasteiger partial charge in [-0.1, -0.05) is 0 Å². The maximum Gasteiger partial charge on any atom is 0.0462 e. The predicted molar refractivity (Wildman–Crippen MR) is 30.4 cm³/mol. The highest BCUT2D eigenvalue weighted by Crippen LogP contribution is 2.32. The molecule has 0 aromatic heterocycles. The molecule has 0 spiro atoms. The highest BCUT2D eigenvalue weighted by molar-refractivity contribution is 4.78. The Bertz CT molecular complexity index is 58.9. The number of hydrogen-bond donors (Lipinski definition) is 2. The lowest BCUT2D eigenvalue weighted by Crippen LogP contribution is -2.31. The molecule has 0 aromatic carbocycles. The first-order valence-corrected chi connectivity index (χ1v) is 3.10. The summed E-state index contributed by atoms with van der Waals surface area (Å²) in [5.41, 5.74) is 0. The third-order valence-electron chi connectivity index (χ3n) is 2.04. The Morgan fingerprint density at radius 3 is 1.50 bits per heavy atom. The molecule has 0 amide bonds. The van der Waals surface area contributed by atoms with Gasteiger partial charge >= 0.3 is 0 Å². The molecule has 1 fully saturated rings. The summed E-state index contributed by atoms with van der Waals surface area (Å²) in [6, 6.07) is 0. The minimum absolute atomic E-state index is 0.255. The maximum absolute atomic E-state index is 8.58. The van der Waals surface area contributed by atoms with Crippen molar-refractivity contribution in [1.29, 1.82) is 0 Å². The molecular weight excluding hydrogens is 104 g/mol. The molecule has 0 bridgehead atoms. The van der Waals surface area contributed by atoms with E-state index in [9.17, 15) is 0 Å². The van der Waals surface area contributed by atoms with Crippen LogP contribution in [0.25, 0.3) is 0 Å². The monoisotopic (exact) mass is 116 g/mol. The summed E-state index contributed by atoms with van der Waals surface area (Å²) in [7, 11) is 0. The molecule has 2 nitrogen and oxygen atoms in total. The molecule has 1 rings (SSSR count). The van der Waals surface area contributed by atoms with Crippen molar-refractivity contribution in [3.63, 3.8) is 0 Å². The summed E-state index contributed by atoms with van der Waals surface area (Å²) >= 11 is 0. The molecule has 0 saturated heterocycles. The maximum atomic E-state index is 8.58. The molecule has 0 radical (unpaired) electrons. The summed E-state index contributed by atoms with van der Waals surface area (Å²) in [5, 5.41) is 17.2. The van der Waals surface area contributed by atoms with Crippen molar-refractivity contribution in [2.24, 2.45) is 11.8 Å². The summed E-state index contributed by atoms with van der Waals surface area (Å²) in [6.07, 6.45) is 2.20. The minimum atomic E-state index is 0.255. The van der Waals surface area contributed by atoms with E-state index in [-0.39, 0.29) is 13.2 Å². The fraction of sp³-hybridized carbons (Fsp3) is 1.00. The number of rotatable bonds is 2. The summed E-state index contributed by atoms with van der Waals surface area (Å²) in [6.45, 7) is 0.510. The SMILES string of the molecule is OCC1CCC1CO. The van der Waals surface area contributed by atoms with Gasteiger partial charge in [0.2, 0.25) is 0 Å². The van der Waals surface area contributed by atoms with Crippen molar-refractivity contribution in [2.45, 2.75) is 12.8 Å². The molecule has 48 valence electrons. The van der Waals surface area contributed by atoms with E-state index >= 15 is 0 Å². The van der Waals surface area contributed by atoms with Crippen LogP contribution in [0.2, 0.25) is 0 Å². The van der Waals surface area contributed by atoms with Crippen LogP contribution in [0, 0.1) is 11.8 Å². The van der Waals surface area contributed by atoms with Gasteiger partial charge in [-0.3, -0.25) is 0 Å². The van der Waals surface area contributed by atoms with E-state index in [0.717, 1.165) is 12.8 Å². The van der Waals surface area contributed by atoms with Crippen molar-refractivity contribution in [3.05, 3.63) is 0 Å². The van der Waals surface area contributed by atoms with E-state index < -0.39 is 0 Å². The number of hydrogen-bond acceptors (Lipinski definition) is 2. The van der Waals surface area contributed by atoms with Crippen LogP contribution in [-0.2, 0) is 0 Å². The van der Waals surface area contributed by atoms with Crippen molar-refractivity contribution in [1.82, 2.24) is 0 Å². The van der Waals surface area contributed by atoms with Crippen LogP contribution < -0.4 is 0 Å². The van der Waals surface area contributed by atoms with Gasteiger partial charge in [0, 0.05) is 13.2 Å². The van der Waals surface area contributed by atoms with Crippen LogP contribution in [0.1, 0.15) is 12.8 Å². The normalized spacial score (nSPS) is 36.8. The third kappa shape index (κ3) is 0.858. The first-order chi connectivity index (χ1) is 3.88. The zero-order valence-electron chi connectivity index (χ0n) is 4.88. The van der Waals surface area contributed by atoms with Crippen LogP contribution >= 0.6 is 0 Å². The highest BCUT2D eigenvalue weighted by atomic mass is 16.3. The lowest BCUT2D eigenvalue weighted by molar-refractivity contribution is 0.0459. The first-order valence-electron chi connectivity index (χ1n) is 3.10. The molecule has 0 heterocycles. The fourth-order valence-corrected chi connectivity index (χ4v) is 1.12. The summed E-state index contributed by atoms with van der Waals surface area (Å²) in [5.74, 6) is 0.806. The fourth-order valence-electron chi connectivity index (χ4n) is 1.12.